The van der Waals surface area contributed by atoms with Crippen LogP contribution in [0.2, 0.25) is 0 Å². The molecule has 2 aliphatic rings. The van der Waals surface area contributed by atoms with E-state index in [1.807, 2.05) is 6.20 Å². The fourth-order valence-corrected chi connectivity index (χ4v) is 2.44. The summed E-state index contributed by atoms with van der Waals surface area (Å²) in [5, 5.41) is 3.53. The summed E-state index contributed by atoms with van der Waals surface area (Å²) >= 11 is 0. The van der Waals surface area contributed by atoms with Crippen LogP contribution in [0.4, 0.5) is 0 Å². The van der Waals surface area contributed by atoms with Gasteiger partial charge in [-0.25, -0.2) is 0 Å². The molecule has 0 saturated carbocycles. The lowest BCUT2D eigenvalue weighted by atomic mass is 9.73. The zero-order valence-electron chi connectivity index (χ0n) is 8.66. The first kappa shape index (κ1) is 9.39. The van der Waals surface area contributed by atoms with E-state index in [1.54, 1.807) is 0 Å². The maximum atomic E-state index is 5.53. The van der Waals surface area contributed by atoms with Gasteiger partial charge in [-0.05, 0) is 11.6 Å². The molecule has 0 spiro atoms. The predicted molar refractivity (Wildman–Crippen MR) is 55.9 cm³/mol. The second-order valence-corrected chi connectivity index (χ2v) is 4.33. The summed E-state index contributed by atoms with van der Waals surface area (Å²) in [5.74, 6) is 0. The van der Waals surface area contributed by atoms with Gasteiger partial charge >= 0.3 is 0 Å². The summed E-state index contributed by atoms with van der Waals surface area (Å²) in [6, 6.07) is 2.52. The molecule has 0 aliphatic carbocycles. The SMILES string of the molecule is c1cc(C2(C3COCCN3)COC2)c[nH]1. The average molecular weight is 208 g/mol. The lowest BCUT2D eigenvalue weighted by Gasteiger charge is -2.48. The van der Waals surface area contributed by atoms with Crippen LogP contribution in [-0.4, -0.2) is 44.0 Å². The Kier molecular flexibility index (Phi) is 2.27. The summed E-state index contributed by atoms with van der Waals surface area (Å²) in [7, 11) is 0. The Hall–Kier alpha value is -0.840. The lowest BCUT2D eigenvalue weighted by Crippen LogP contribution is -2.63. The molecular formula is C11H16N2O2. The Balaban J connectivity index is 1.85. The largest absolute Gasteiger partial charge is 0.379 e. The summed E-state index contributed by atoms with van der Waals surface area (Å²) < 4.78 is 10.9. The van der Waals surface area contributed by atoms with Crippen molar-refractivity contribution >= 4 is 0 Å². The molecule has 3 rings (SSSR count). The van der Waals surface area contributed by atoms with Gasteiger partial charge in [-0.15, -0.1) is 0 Å². The van der Waals surface area contributed by atoms with Crippen molar-refractivity contribution in [2.24, 2.45) is 0 Å². The molecule has 1 atom stereocenters. The number of H-pyrrole nitrogens is 1. The van der Waals surface area contributed by atoms with E-state index in [0.717, 1.165) is 33.0 Å². The van der Waals surface area contributed by atoms with Crippen LogP contribution < -0.4 is 5.32 Å². The Labute approximate surface area is 89.0 Å². The van der Waals surface area contributed by atoms with Gasteiger partial charge in [0.15, 0.2) is 0 Å². The third kappa shape index (κ3) is 1.40. The molecule has 4 nitrogen and oxygen atoms in total. The molecule has 82 valence electrons. The predicted octanol–water partition coefficient (Wildman–Crippen LogP) is 0.271. The molecule has 15 heavy (non-hydrogen) atoms. The van der Waals surface area contributed by atoms with E-state index < -0.39 is 0 Å². The number of rotatable bonds is 2. The molecule has 2 fully saturated rings. The van der Waals surface area contributed by atoms with E-state index in [9.17, 15) is 0 Å². The first-order valence-corrected chi connectivity index (χ1v) is 5.44. The normalized spacial score (nSPS) is 29.7. The molecule has 0 bridgehead atoms. The smallest absolute Gasteiger partial charge is 0.0630 e. The van der Waals surface area contributed by atoms with Gasteiger partial charge in [0.05, 0.1) is 31.8 Å². The zero-order chi connectivity index (χ0) is 10.1. The number of morpholine rings is 1. The molecule has 2 N–H and O–H groups in total. The van der Waals surface area contributed by atoms with Gasteiger partial charge in [0.2, 0.25) is 0 Å². The first-order valence-electron chi connectivity index (χ1n) is 5.44. The quantitative estimate of drug-likeness (QED) is 0.733. The molecule has 4 heteroatoms. The van der Waals surface area contributed by atoms with Crippen molar-refractivity contribution < 1.29 is 9.47 Å². The van der Waals surface area contributed by atoms with E-state index in [-0.39, 0.29) is 5.41 Å². The minimum atomic E-state index is 0.125. The minimum absolute atomic E-state index is 0.125. The van der Waals surface area contributed by atoms with E-state index in [1.165, 1.54) is 5.56 Å². The average Bonchev–Trinajstić information content (AvgIpc) is 2.72. The summed E-state index contributed by atoms with van der Waals surface area (Å²) in [6.45, 7) is 4.14. The van der Waals surface area contributed by atoms with Gasteiger partial charge in [-0.1, -0.05) is 0 Å². The van der Waals surface area contributed by atoms with E-state index in [4.69, 9.17) is 9.47 Å². The zero-order valence-corrected chi connectivity index (χ0v) is 8.66. The van der Waals surface area contributed by atoms with Gasteiger partial charge in [-0.3, -0.25) is 0 Å². The Morgan fingerprint density at radius 3 is 2.80 bits per heavy atom. The van der Waals surface area contributed by atoms with Crippen LogP contribution in [0.3, 0.4) is 0 Å². The fourth-order valence-electron chi connectivity index (χ4n) is 2.44. The maximum absolute atomic E-state index is 5.53. The molecule has 1 unspecified atom stereocenters. The molecule has 0 radical (unpaired) electrons. The third-order valence-corrected chi connectivity index (χ3v) is 3.48. The van der Waals surface area contributed by atoms with E-state index in [2.05, 4.69) is 22.6 Å². The fraction of sp³-hybridized carbons (Fsp3) is 0.636. The maximum Gasteiger partial charge on any atom is 0.0630 e. The van der Waals surface area contributed by atoms with Gasteiger partial charge < -0.3 is 19.8 Å². The number of hydrogen-bond donors (Lipinski definition) is 2. The number of nitrogens with one attached hydrogen (secondary N) is 2. The Bertz CT molecular complexity index is 313. The van der Waals surface area contributed by atoms with Crippen molar-refractivity contribution in [3.63, 3.8) is 0 Å². The Morgan fingerprint density at radius 2 is 2.27 bits per heavy atom. The van der Waals surface area contributed by atoms with Crippen LogP contribution in [-0.2, 0) is 14.9 Å². The number of ether oxygens (including phenoxy) is 2. The highest BCUT2D eigenvalue weighted by Crippen LogP contribution is 2.36. The van der Waals surface area contributed by atoms with Gasteiger partial charge in [0.1, 0.15) is 0 Å². The van der Waals surface area contributed by atoms with Crippen LogP contribution in [0.1, 0.15) is 5.56 Å². The van der Waals surface area contributed by atoms with Crippen LogP contribution in [0.25, 0.3) is 0 Å². The standard InChI is InChI=1S/C11H16N2O2/c1-2-12-5-9(1)11(7-15-8-11)10-6-14-4-3-13-10/h1-2,5,10,12-13H,3-4,6-8H2. The Morgan fingerprint density at radius 1 is 1.33 bits per heavy atom. The number of hydrogen-bond acceptors (Lipinski definition) is 3. The van der Waals surface area contributed by atoms with Crippen LogP contribution >= 0.6 is 0 Å². The van der Waals surface area contributed by atoms with Crippen molar-refractivity contribution in [2.45, 2.75) is 11.5 Å². The molecule has 2 saturated heterocycles. The summed E-state index contributed by atoms with van der Waals surface area (Å²) in [4.78, 5) is 3.12. The molecule has 1 aromatic rings. The van der Waals surface area contributed by atoms with Gasteiger partial charge in [-0.2, -0.15) is 0 Å². The van der Waals surface area contributed by atoms with E-state index >= 15 is 0 Å². The highest BCUT2D eigenvalue weighted by Gasteiger charge is 2.48. The molecule has 1 aromatic heterocycles. The van der Waals surface area contributed by atoms with Crippen molar-refractivity contribution in [1.82, 2.24) is 10.3 Å². The molecule has 0 aromatic carbocycles. The second kappa shape index (κ2) is 3.63. The molecular weight excluding hydrogens is 192 g/mol. The van der Waals surface area contributed by atoms with Crippen LogP contribution in [0.15, 0.2) is 18.5 Å². The van der Waals surface area contributed by atoms with Crippen molar-refractivity contribution in [2.75, 3.05) is 33.0 Å². The minimum Gasteiger partial charge on any atom is -0.379 e. The topological polar surface area (TPSA) is 46.3 Å². The number of aromatic amines is 1. The molecule has 3 heterocycles. The summed E-state index contributed by atoms with van der Waals surface area (Å²) in [6.07, 6.45) is 4.04. The highest BCUT2D eigenvalue weighted by atomic mass is 16.5. The summed E-state index contributed by atoms with van der Waals surface area (Å²) in [5.41, 5.74) is 1.46. The van der Waals surface area contributed by atoms with Crippen molar-refractivity contribution in [1.29, 1.82) is 0 Å². The molecule has 0 amide bonds. The lowest BCUT2D eigenvalue weighted by molar-refractivity contribution is -0.101. The van der Waals surface area contributed by atoms with Crippen molar-refractivity contribution in [3.8, 4) is 0 Å². The molecule has 2 aliphatic heterocycles. The van der Waals surface area contributed by atoms with Crippen LogP contribution in [0, 0.1) is 0 Å². The van der Waals surface area contributed by atoms with Crippen LogP contribution in [0.5, 0.6) is 0 Å². The monoisotopic (exact) mass is 208 g/mol. The first-order chi connectivity index (χ1) is 7.42. The van der Waals surface area contributed by atoms with Gasteiger partial charge in [0, 0.05) is 25.0 Å². The highest BCUT2D eigenvalue weighted by molar-refractivity contribution is 5.28. The van der Waals surface area contributed by atoms with Crippen molar-refractivity contribution in [3.05, 3.63) is 24.0 Å². The number of aromatic nitrogens is 1. The third-order valence-electron chi connectivity index (χ3n) is 3.48. The van der Waals surface area contributed by atoms with Gasteiger partial charge in [0.25, 0.3) is 0 Å². The van der Waals surface area contributed by atoms with E-state index in [0.29, 0.717) is 6.04 Å². The second-order valence-electron chi connectivity index (χ2n) is 4.33.